The zero-order valence-electron chi connectivity index (χ0n) is 19.6. The van der Waals surface area contributed by atoms with E-state index in [0.29, 0.717) is 16.2 Å². The van der Waals surface area contributed by atoms with Crippen LogP contribution in [0.5, 0.6) is 0 Å². The summed E-state index contributed by atoms with van der Waals surface area (Å²) in [6.45, 7) is 0.189. The largest absolute Gasteiger partial charge is 0.380 e. The van der Waals surface area contributed by atoms with E-state index in [1.807, 2.05) is 0 Å². The summed E-state index contributed by atoms with van der Waals surface area (Å²) in [5.41, 5.74) is 1.09. The summed E-state index contributed by atoms with van der Waals surface area (Å²) in [7, 11) is 1.50. The van der Waals surface area contributed by atoms with E-state index in [9.17, 15) is 14.4 Å². The number of aromatic amines is 1. The third-order valence-electron chi connectivity index (χ3n) is 6.22. The SMILES string of the molecule is CO[C@@H]1C[C@H](C(=O)Nc2ccc(-n3ccc4[nH]cnc4c3=O)cc2F)N(C(=O)Nc2ccc(Cl)cc2)C1. The molecule has 1 aliphatic heterocycles. The van der Waals surface area contributed by atoms with E-state index in [4.69, 9.17) is 16.3 Å². The Morgan fingerprint density at radius 3 is 2.68 bits per heavy atom. The van der Waals surface area contributed by atoms with Gasteiger partial charge in [-0.3, -0.25) is 14.2 Å². The summed E-state index contributed by atoms with van der Waals surface area (Å²) >= 11 is 5.89. The van der Waals surface area contributed by atoms with E-state index in [1.54, 1.807) is 30.3 Å². The lowest BCUT2D eigenvalue weighted by Crippen LogP contribution is -2.45. The second-order valence-corrected chi connectivity index (χ2v) is 8.94. The Morgan fingerprint density at radius 2 is 1.95 bits per heavy atom. The van der Waals surface area contributed by atoms with Crippen LogP contribution in [0, 0.1) is 5.82 Å². The highest BCUT2D eigenvalue weighted by atomic mass is 35.5. The third kappa shape index (κ3) is 4.91. The molecule has 12 heteroatoms. The van der Waals surface area contributed by atoms with E-state index < -0.39 is 29.4 Å². The van der Waals surface area contributed by atoms with Crippen LogP contribution in [0.4, 0.5) is 20.6 Å². The maximum Gasteiger partial charge on any atom is 0.322 e. The molecule has 37 heavy (non-hydrogen) atoms. The number of anilines is 2. The number of hydrogen-bond acceptors (Lipinski definition) is 5. The maximum atomic E-state index is 15.0. The van der Waals surface area contributed by atoms with Crippen molar-refractivity contribution in [2.24, 2.45) is 0 Å². The normalized spacial score (nSPS) is 17.2. The molecule has 10 nitrogen and oxygen atoms in total. The average Bonchev–Trinajstić information content (AvgIpc) is 3.55. The van der Waals surface area contributed by atoms with Crippen LogP contribution >= 0.6 is 11.6 Å². The quantitative estimate of drug-likeness (QED) is 0.367. The minimum absolute atomic E-state index is 0.0819. The van der Waals surface area contributed by atoms with Gasteiger partial charge in [-0.2, -0.15) is 0 Å². The van der Waals surface area contributed by atoms with Crippen LogP contribution in [-0.4, -0.2) is 57.2 Å². The van der Waals surface area contributed by atoms with Crippen molar-refractivity contribution in [2.45, 2.75) is 18.6 Å². The van der Waals surface area contributed by atoms with Gasteiger partial charge in [0.1, 0.15) is 11.9 Å². The second kappa shape index (κ2) is 10.0. The van der Waals surface area contributed by atoms with E-state index in [0.717, 1.165) is 6.07 Å². The number of imidazole rings is 1. The summed E-state index contributed by atoms with van der Waals surface area (Å²) in [4.78, 5) is 46.9. The van der Waals surface area contributed by atoms with Gasteiger partial charge in [-0.05, 0) is 42.5 Å². The molecule has 1 saturated heterocycles. The number of benzene rings is 2. The monoisotopic (exact) mass is 524 g/mol. The van der Waals surface area contributed by atoms with Gasteiger partial charge in [0, 0.05) is 43.0 Å². The lowest BCUT2D eigenvalue weighted by Gasteiger charge is -2.24. The molecule has 2 aromatic heterocycles. The summed E-state index contributed by atoms with van der Waals surface area (Å²) in [5.74, 6) is -1.30. The maximum absolute atomic E-state index is 15.0. The number of likely N-dealkylation sites (tertiary alicyclic amines) is 1. The van der Waals surface area contributed by atoms with E-state index in [1.165, 1.54) is 41.2 Å². The van der Waals surface area contributed by atoms with Crippen LogP contribution in [0.25, 0.3) is 16.7 Å². The van der Waals surface area contributed by atoms with Gasteiger partial charge >= 0.3 is 6.03 Å². The van der Waals surface area contributed by atoms with Crippen molar-refractivity contribution in [3.8, 4) is 5.69 Å². The topological polar surface area (TPSA) is 121 Å². The molecule has 0 bridgehead atoms. The van der Waals surface area contributed by atoms with E-state index >= 15 is 4.39 Å². The number of urea groups is 1. The van der Waals surface area contributed by atoms with E-state index in [-0.39, 0.29) is 36.0 Å². The predicted octanol–water partition coefficient (Wildman–Crippen LogP) is 3.77. The predicted molar refractivity (Wildman–Crippen MR) is 137 cm³/mol. The Morgan fingerprint density at radius 1 is 1.16 bits per heavy atom. The Bertz CT molecular complexity index is 1540. The first-order valence-electron chi connectivity index (χ1n) is 11.4. The number of nitrogens with one attached hydrogen (secondary N) is 3. The highest BCUT2D eigenvalue weighted by molar-refractivity contribution is 6.30. The third-order valence-corrected chi connectivity index (χ3v) is 6.48. The molecule has 0 spiro atoms. The van der Waals surface area contributed by atoms with Gasteiger partial charge in [-0.25, -0.2) is 14.2 Å². The number of halogens is 2. The van der Waals surface area contributed by atoms with Crippen molar-refractivity contribution in [2.75, 3.05) is 24.3 Å². The average molecular weight is 525 g/mol. The van der Waals surface area contributed by atoms with Gasteiger partial charge in [-0.15, -0.1) is 0 Å². The number of carbonyl (C=O) groups is 2. The minimum Gasteiger partial charge on any atom is -0.380 e. The lowest BCUT2D eigenvalue weighted by molar-refractivity contribution is -0.119. The standard InChI is InChI=1S/C25H22ClFN6O4/c1-37-17-11-21(33(12-17)25(36)30-15-4-2-14(26)3-5-15)23(34)31-19-7-6-16(10-18(19)27)32-9-8-20-22(24(32)35)29-13-28-20/h2-10,13,17,21H,11-12H2,1H3,(H,28,29)(H,30,36)(H,31,34)/t17-,21-/m1/s1. The number of H-pyrrole nitrogens is 1. The van der Waals surface area contributed by atoms with Crippen LogP contribution in [-0.2, 0) is 9.53 Å². The molecule has 4 aromatic rings. The molecular weight excluding hydrogens is 503 g/mol. The van der Waals surface area contributed by atoms with Gasteiger partial charge in [0.25, 0.3) is 5.56 Å². The Hall–Kier alpha value is -4.22. The van der Waals surface area contributed by atoms with Crippen LogP contribution < -0.4 is 16.2 Å². The fraction of sp³-hybridized carbons (Fsp3) is 0.200. The van der Waals surface area contributed by atoms with E-state index in [2.05, 4.69) is 20.6 Å². The zero-order chi connectivity index (χ0) is 26.1. The molecule has 3 heterocycles. The molecule has 0 aliphatic carbocycles. The summed E-state index contributed by atoms with van der Waals surface area (Å²) in [5, 5.41) is 5.82. The van der Waals surface area contributed by atoms with Crippen molar-refractivity contribution in [3.63, 3.8) is 0 Å². The molecule has 2 atom stereocenters. The lowest BCUT2D eigenvalue weighted by atomic mass is 10.1. The number of hydrogen-bond donors (Lipinski definition) is 3. The summed E-state index contributed by atoms with van der Waals surface area (Å²) in [6.07, 6.45) is 2.81. The summed E-state index contributed by atoms with van der Waals surface area (Å²) < 4.78 is 21.7. The second-order valence-electron chi connectivity index (χ2n) is 8.51. The van der Waals surface area contributed by atoms with Gasteiger partial charge in [0.15, 0.2) is 5.52 Å². The fourth-order valence-electron chi connectivity index (χ4n) is 4.28. The molecule has 1 fully saturated rings. The molecule has 0 radical (unpaired) electrons. The number of fused-ring (bicyclic) bond motifs is 1. The number of rotatable bonds is 5. The van der Waals surface area contributed by atoms with Gasteiger partial charge < -0.3 is 25.3 Å². The van der Waals surface area contributed by atoms with Crippen molar-refractivity contribution in [1.82, 2.24) is 19.4 Å². The number of pyridine rings is 1. The first-order valence-corrected chi connectivity index (χ1v) is 11.7. The molecular formula is C25H22ClFN6O4. The minimum atomic E-state index is -0.888. The smallest absolute Gasteiger partial charge is 0.322 e. The Balaban J connectivity index is 1.33. The van der Waals surface area contributed by atoms with Crippen LogP contribution in [0.15, 0.2) is 65.8 Å². The molecule has 5 rings (SSSR count). The van der Waals surface area contributed by atoms with Crippen molar-refractivity contribution in [1.29, 1.82) is 0 Å². The number of nitrogens with zero attached hydrogens (tertiary/aromatic N) is 3. The molecule has 190 valence electrons. The first kappa shape index (κ1) is 24.5. The Kier molecular flexibility index (Phi) is 6.64. The van der Waals surface area contributed by atoms with Crippen LogP contribution in [0.3, 0.4) is 0 Å². The summed E-state index contributed by atoms with van der Waals surface area (Å²) in [6, 6.07) is 10.9. The first-order chi connectivity index (χ1) is 17.8. The number of ether oxygens (including phenoxy) is 1. The number of aromatic nitrogens is 3. The van der Waals surface area contributed by atoms with Crippen molar-refractivity contribution >= 4 is 45.9 Å². The molecule has 0 saturated carbocycles. The highest BCUT2D eigenvalue weighted by Gasteiger charge is 2.40. The van der Waals surface area contributed by atoms with Gasteiger partial charge in [-0.1, -0.05) is 11.6 Å². The van der Waals surface area contributed by atoms with Crippen molar-refractivity contribution in [3.05, 3.63) is 82.2 Å². The van der Waals surface area contributed by atoms with Crippen LogP contribution in [0.1, 0.15) is 6.42 Å². The molecule has 2 aromatic carbocycles. The molecule has 3 N–H and O–H groups in total. The number of methoxy groups -OCH3 is 1. The Labute approximate surface area is 215 Å². The number of carbonyl (C=O) groups excluding carboxylic acids is 2. The number of amides is 3. The fourth-order valence-corrected chi connectivity index (χ4v) is 4.40. The van der Waals surface area contributed by atoms with Gasteiger partial charge in [0.2, 0.25) is 5.91 Å². The van der Waals surface area contributed by atoms with Crippen LogP contribution in [0.2, 0.25) is 5.02 Å². The van der Waals surface area contributed by atoms with Crippen molar-refractivity contribution < 1.29 is 18.7 Å². The van der Waals surface area contributed by atoms with Gasteiger partial charge in [0.05, 0.1) is 29.3 Å². The zero-order valence-corrected chi connectivity index (χ0v) is 20.3. The molecule has 1 aliphatic rings. The molecule has 0 unspecified atom stereocenters. The highest BCUT2D eigenvalue weighted by Crippen LogP contribution is 2.25. The molecule has 3 amide bonds.